The van der Waals surface area contributed by atoms with Gasteiger partial charge in [0.25, 0.3) is 0 Å². The van der Waals surface area contributed by atoms with Gasteiger partial charge in [-0.2, -0.15) is 0 Å². The zero-order chi connectivity index (χ0) is 12.3. The first-order chi connectivity index (χ1) is 8.16. The standard InChI is InChI=1S/C12H11N3OS/c13-8-4-5-9(12(14)16)10(7-8)17-11-3-1-2-6-15-11/h1-7H,13H2,(H2,14,16). The first kappa shape index (κ1) is 11.5. The van der Waals surface area contributed by atoms with Crippen molar-refractivity contribution in [3.05, 3.63) is 48.2 Å². The first-order valence-corrected chi connectivity index (χ1v) is 5.76. The van der Waals surface area contributed by atoms with Crippen LogP contribution >= 0.6 is 11.8 Å². The van der Waals surface area contributed by atoms with Gasteiger partial charge in [0.1, 0.15) is 5.03 Å². The second kappa shape index (κ2) is 4.88. The number of aromatic nitrogens is 1. The molecule has 0 saturated heterocycles. The topological polar surface area (TPSA) is 82.0 Å². The molecule has 0 spiro atoms. The fraction of sp³-hybridized carbons (Fsp3) is 0. The quantitative estimate of drug-likeness (QED) is 0.809. The predicted octanol–water partition coefficient (Wildman–Crippen LogP) is 1.91. The van der Waals surface area contributed by atoms with E-state index in [-0.39, 0.29) is 0 Å². The van der Waals surface area contributed by atoms with Crippen LogP contribution in [0.5, 0.6) is 0 Å². The van der Waals surface area contributed by atoms with Crippen molar-refractivity contribution < 1.29 is 4.79 Å². The van der Waals surface area contributed by atoms with Crippen molar-refractivity contribution in [2.24, 2.45) is 5.73 Å². The van der Waals surface area contributed by atoms with Crippen LogP contribution in [0, 0.1) is 0 Å². The fourth-order valence-electron chi connectivity index (χ4n) is 1.35. The Bertz CT molecular complexity index is 543. The van der Waals surface area contributed by atoms with Crippen molar-refractivity contribution in [3.8, 4) is 0 Å². The lowest BCUT2D eigenvalue weighted by atomic mass is 10.2. The number of anilines is 1. The summed E-state index contributed by atoms with van der Waals surface area (Å²) in [4.78, 5) is 16.2. The van der Waals surface area contributed by atoms with Crippen LogP contribution in [0.15, 0.2) is 52.5 Å². The summed E-state index contributed by atoms with van der Waals surface area (Å²) < 4.78 is 0. The van der Waals surface area contributed by atoms with E-state index < -0.39 is 5.91 Å². The fourth-order valence-corrected chi connectivity index (χ4v) is 2.31. The third kappa shape index (κ3) is 2.76. The first-order valence-electron chi connectivity index (χ1n) is 4.95. The van der Waals surface area contributed by atoms with Crippen LogP contribution in [-0.2, 0) is 0 Å². The number of benzene rings is 1. The molecule has 17 heavy (non-hydrogen) atoms. The molecule has 0 aliphatic heterocycles. The van der Waals surface area contributed by atoms with Gasteiger partial charge >= 0.3 is 0 Å². The van der Waals surface area contributed by atoms with Crippen LogP contribution in [0.4, 0.5) is 5.69 Å². The molecular weight excluding hydrogens is 234 g/mol. The minimum absolute atomic E-state index is 0.454. The average molecular weight is 245 g/mol. The van der Waals surface area contributed by atoms with Crippen LogP contribution in [0.2, 0.25) is 0 Å². The Morgan fingerprint density at radius 2 is 2.06 bits per heavy atom. The number of carbonyl (C=O) groups excluding carboxylic acids is 1. The van der Waals surface area contributed by atoms with E-state index in [9.17, 15) is 4.79 Å². The van der Waals surface area contributed by atoms with Gasteiger partial charge in [0.2, 0.25) is 5.91 Å². The minimum Gasteiger partial charge on any atom is -0.399 e. The van der Waals surface area contributed by atoms with Crippen LogP contribution in [0.3, 0.4) is 0 Å². The van der Waals surface area contributed by atoms with E-state index in [1.165, 1.54) is 11.8 Å². The van der Waals surface area contributed by atoms with Crippen LogP contribution in [0.25, 0.3) is 0 Å². The lowest BCUT2D eigenvalue weighted by Crippen LogP contribution is -2.12. The van der Waals surface area contributed by atoms with Crippen molar-refractivity contribution in [1.82, 2.24) is 4.98 Å². The predicted molar refractivity (Wildman–Crippen MR) is 67.7 cm³/mol. The van der Waals surface area contributed by atoms with E-state index in [0.29, 0.717) is 11.3 Å². The molecule has 0 fully saturated rings. The van der Waals surface area contributed by atoms with Gasteiger partial charge in [-0.3, -0.25) is 4.79 Å². The third-order valence-corrected chi connectivity index (χ3v) is 3.13. The van der Waals surface area contributed by atoms with Gasteiger partial charge in [-0.1, -0.05) is 17.8 Å². The Kier molecular flexibility index (Phi) is 3.30. The van der Waals surface area contributed by atoms with Gasteiger partial charge in [0.15, 0.2) is 0 Å². The van der Waals surface area contributed by atoms with E-state index in [4.69, 9.17) is 11.5 Å². The Morgan fingerprint density at radius 1 is 1.24 bits per heavy atom. The number of amides is 1. The second-order valence-corrected chi connectivity index (χ2v) is 4.45. The summed E-state index contributed by atoms with van der Waals surface area (Å²) in [5, 5.41) is 0.792. The molecule has 86 valence electrons. The number of nitrogens with zero attached hydrogens (tertiary/aromatic N) is 1. The second-order valence-electron chi connectivity index (χ2n) is 3.39. The van der Waals surface area contributed by atoms with Crippen molar-refractivity contribution in [3.63, 3.8) is 0 Å². The molecule has 2 aromatic rings. The maximum Gasteiger partial charge on any atom is 0.249 e. The molecule has 0 atom stereocenters. The van der Waals surface area contributed by atoms with E-state index in [1.54, 1.807) is 24.4 Å². The number of pyridine rings is 1. The van der Waals surface area contributed by atoms with Gasteiger partial charge in [0.05, 0.1) is 5.56 Å². The maximum atomic E-state index is 11.3. The number of hydrogen-bond donors (Lipinski definition) is 2. The lowest BCUT2D eigenvalue weighted by molar-refractivity contribution is 0.0997. The maximum absolute atomic E-state index is 11.3. The molecule has 0 saturated carbocycles. The number of nitrogens with two attached hydrogens (primary N) is 2. The molecule has 1 aromatic heterocycles. The summed E-state index contributed by atoms with van der Waals surface area (Å²) in [6.07, 6.45) is 1.69. The summed E-state index contributed by atoms with van der Waals surface area (Å²) in [5.74, 6) is -0.469. The van der Waals surface area contributed by atoms with E-state index >= 15 is 0 Å². The SMILES string of the molecule is NC(=O)c1ccc(N)cc1Sc1ccccn1. The molecule has 4 nitrogen and oxygen atoms in total. The van der Waals surface area contributed by atoms with Gasteiger partial charge in [0, 0.05) is 16.8 Å². The number of primary amides is 1. The van der Waals surface area contributed by atoms with Crippen LogP contribution < -0.4 is 11.5 Å². The highest BCUT2D eigenvalue weighted by Gasteiger charge is 2.10. The van der Waals surface area contributed by atoms with E-state index in [2.05, 4.69) is 4.98 Å². The molecule has 0 bridgehead atoms. The number of hydrogen-bond acceptors (Lipinski definition) is 4. The molecule has 1 heterocycles. The van der Waals surface area contributed by atoms with Gasteiger partial charge in [-0.05, 0) is 30.3 Å². The smallest absolute Gasteiger partial charge is 0.249 e. The Labute approximate surface area is 103 Å². The highest BCUT2D eigenvalue weighted by Crippen LogP contribution is 2.30. The van der Waals surface area contributed by atoms with Crippen molar-refractivity contribution in [2.75, 3.05) is 5.73 Å². The zero-order valence-corrected chi connectivity index (χ0v) is 9.78. The molecule has 1 aromatic carbocycles. The number of carbonyl (C=O) groups is 1. The normalized spacial score (nSPS) is 10.1. The van der Waals surface area contributed by atoms with Crippen molar-refractivity contribution in [2.45, 2.75) is 9.92 Å². The molecule has 5 heteroatoms. The minimum atomic E-state index is -0.469. The molecule has 0 unspecified atom stereocenters. The Morgan fingerprint density at radius 3 is 2.71 bits per heavy atom. The summed E-state index contributed by atoms with van der Waals surface area (Å²) in [6.45, 7) is 0. The van der Waals surface area contributed by atoms with E-state index in [0.717, 1.165) is 9.92 Å². The Hall–Kier alpha value is -2.01. The summed E-state index contributed by atoms with van der Waals surface area (Å²) >= 11 is 1.36. The highest BCUT2D eigenvalue weighted by molar-refractivity contribution is 7.99. The third-order valence-electron chi connectivity index (χ3n) is 2.12. The number of nitrogen functional groups attached to an aromatic ring is 1. The van der Waals surface area contributed by atoms with E-state index in [1.807, 2.05) is 18.2 Å². The molecule has 1 amide bonds. The Balaban J connectivity index is 2.37. The number of rotatable bonds is 3. The summed E-state index contributed by atoms with van der Waals surface area (Å²) in [7, 11) is 0. The lowest BCUT2D eigenvalue weighted by Gasteiger charge is -2.06. The van der Waals surface area contributed by atoms with Crippen LogP contribution in [-0.4, -0.2) is 10.9 Å². The van der Waals surface area contributed by atoms with Gasteiger partial charge in [-0.15, -0.1) is 0 Å². The molecule has 0 aliphatic rings. The molecule has 2 rings (SSSR count). The van der Waals surface area contributed by atoms with Crippen molar-refractivity contribution in [1.29, 1.82) is 0 Å². The summed E-state index contributed by atoms with van der Waals surface area (Å²) in [5.41, 5.74) is 12.0. The van der Waals surface area contributed by atoms with Gasteiger partial charge in [-0.25, -0.2) is 4.98 Å². The zero-order valence-electron chi connectivity index (χ0n) is 8.96. The summed E-state index contributed by atoms with van der Waals surface area (Å²) in [6, 6.07) is 10.6. The van der Waals surface area contributed by atoms with Gasteiger partial charge < -0.3 is 11.5 Å². The molecule has 4 N–H and O–H groups in total. The monoisotopic (exact) mass is 245 g/mol. The largest absolute Gasteiger partial charge is 0.399 e. The molecule has 0 aliphatic carbocycles. The highest BCUT2D eigenvalue weighted by atomic mass is 32.2. The average Bonchev–Trinajstić information content (AvgIpc) is 2.30. The van der Waals surface area contributed by atoms with Crippen LogP contribution in [0.1, 0.15) is 10.4 Å². The molecule has 0 radical (unpaired) electrons. The molecular formula is C12H11N3OS. The van der Waals surface area contributed by atoms with Crippen molar-refractivity contribution >= 4 is 23.4 Å².